The summed E-state index contributed by atoms with van der Waals surface area (Å²) in [5.41, 5.74) is 2.17. The van der Waals surface area contributed by atoms with Crippen LogP contribution in [-0.2, 0) is 32.6 Å². The molecule has 0 heterocycles. The number of anilines is 1. The van der Waals surface area contributed by atoms with Gasteiger partial charge in [-0.25, -0.2) is 8.42 Å². The zero-order valence-corrected chi connectivity index (χ0v) is 19.4. The number of para-hydroxylation sites is 1. The van der Waals surface area contributed by atoms with E-state index in [1.807, 2.05) is 56.3 Å². The SMILES string of the molecule is CCc1ccccc1N(CC(=O)N(Cc1ccccc1)[C@H](CC)C(=O)NC)S(C)(=O)=O. The summed E-state index contributed by atoms with van der Waals surface area (Å²) in [6, 6.07) is 15.8. The first-order valence-corrected chi connectivity index (χ1v) is 12.2. The number of carbonyl (C=O) groups is 2. The fourth-order valence-electron chi connectivity index (χ4n) is 3.51. The minimum atomic E-state index is -3.72. The maximum atomic E-state index is 13.4. The number of nitrogens with zero attached hydrogens (tertiary/aromatic N) is 2. The predicted molar refractivity (Wildman–Crippen MR) is 123 cm³/mol. The molecule has 1 atom stereocenters. The van der Waals surface area contributed by atoms with Gasteiger partial charge in [0.15, 0.2) is 0 Å². The van der Waals surface area contributed by atoms with E-state index in [1.54, 1.807) is 12.1 Å². The molecule has 0 saturated carbocycles. The minimum Gasteiger partial charge on any atom is -0.357 e. The molecule has 0 radical (unpaired) electrons. The summed E-state index contributed by atoms with van der Waals surface area (Å²) in [6.07, 6.45) is 2.12. The molecule has 0 spiro atoms. The predicted octanol–water partition coefficient (Wildman–Crippen LogP) is 2.57. The van der Waals surface area contributed by atoms with Crippen LogP contribution in [0.2, 0.25) is 0 Å². The number of sulfonamides is 1. The Bertz CT molecular complexity index is 993. The molecule has 0 saturated heterocycles. The van der Waals surface area contributed by atoms with Crippen molar-refractivity contribution < 1.29 is 18.0 Å². The van der Waals surface area contributed by atoms with Crippen LogP contribution in [0.15, 0.2) is 54.6 Å². The Morgan fingerprint density at radius 1 is 1.00 bits per heavy atom. The summed E-state index contributed by atoms with van der Waals surface area (Å²) in [5.74, 6) is -0.720. The van der Waals surface area contributed by atoms with Gasteiger partial charge in [0.25, 0.3) is 0 Å². The van der Waals surface area contributed by atoms with Crippen LogP contribution in [0.25, 0.3) is 0 Å². The third-order valence-electron chi connectivity index (χ3n) is 5.15. The lowest BCUT2D eigenvalue weighted by molar-refractivity contribution is -0.140. The van der Waals surface area contributed by atoms with Crippen LogP contribution in [-0.4, -0.2) is 51.0 Å². The monoisotopic (exact) mass is 445 g/mol. The fraction of sp³-hybridized carbons (Fsp3) is 0.391. The molecule has 2 aromatic rings. The molecule has 0 aromatic heterocycles. The summed E-state index contributed by atoms with van der Waals surface area (Å²) in [4.78, 5) is 27.4. The molecular formula is C23H31N3O4S. The van der Waals surface area contributed by atoms with Crippen molar-refractivity contribution in [2.75, 3.05) is 24.2 Å². The van der Waals surface area contributed by atoms with Gasteiger partial charge in [-0.1, -0.05) is 62.4 Å². The number of amides is 2. The Kier molecular flexibility index (Phi) is 8.62. The molecular weight excluding hydrogens is 414 g/mol. The van der Waals surface area contributed by atoms with Crippen LogP contribution in [0.1, 0.15) is 31.4 Å². The number of hydrogen-bond acceptors (Lipinski definition) is 4. The molecule has 0 aliphatic rings. The van der Waals surface area contributed by atoms with E-state index in [0.717, 1.165) is 21.7 Å². The molecule has 2 rings (SSSR count). The molecule has 0 bridgehead atoms. The van der Waals surface area contributed by atoms with Gasteiger partial charge in [0.1, 0.15) is 12.6 Å². The first-order chi connectivity index (χ1) is 14.7. The topological polar surface area (TPSA) is 86.8 Å². The quantitative estimate of drug-likeness (QED) is 0.609. The maximum Gasteiger partial charge on any atom is 0.244 e. The van der Waals surface area contributed by atoms with Gasteiger partial charge in [0.05, 0.1) is 11.9 Å². The number of likely N-dealkylation sites (N-methyl/N-ethyl adjacent to an activating group) is 1. The van der Waals surface area contributed by atoms with Crippen molar-refractivity contribution in [3.63, 3.8) is 0 Å². The Morgan fingerprint density at radius 3 is 2.16 bits per heavy atom. The van der Waals surface area contributed by atoms with Crippen LogP contribution in [0.3, 0.4) is 0 Å². The molecule has 0 aliphatic carbocycles. The molecule has 2 aromatic carbocycles. The lowest BCUT2D eigenvalue weighted by atomic mass is 10.1. The highest BCUT2D eigenvalue weighted by Gasteiger charge is 2.31. The average Bonchev–Trinajstić information content (AvgIpc) is 2.76. The minimum absolute atomic E-state index is 0.207. The molecule has 2 amide bonds. The molecule has 0 aliphatic heterocycles. The molecule has 31 heavy (non-hydrogen) atoms. The van der Waals surface area contributed by atoms with Crippen LogP contribution in [0.5, 0.6) is 0 Å². The highest BCUT2D eigenvalue weighted by atomic mass is 32.2. The number of carbonyl (C=O) groups excluding carboxylic acids is 2. The molecule has 1 N–H and O–H groups in total. The van der Waals surface area contributed by atoms with E-state index < -0.39 is 22.0 Å². The second kappa shape index (κ2) is 10.9. The number of nitrogens with one attached hydrogen (secondary N) is 1. The first-order valence-electron chi connectivity index (χ1n) is 10.3. The Morgan fingerprint density at radius 2 is 1.61 bits per heavy atom. The molecule has 0 fully saturated rings. The van der Waals surface area contributed by atoms with E-state index in [9.17, 15) is 18.0 Å². The largest absolute Gasteiger partial charge is 0.357 e. The second-order valence-electron chi connectivity index (χ2n) is 7.30. The standard InChI is InChI=1S/C23H31N3O4S/c1-5-19-14-10-11-15-21(19)26(31(4,29)30)17-22(27)25(20(6-2)23(28)24-3)16-18-12-8-7-9-13-18/h7-15,20H,5-6,16-17H2,1-4H3,(H,24,28)/t20-/m1/s1. The third kappa shape index (κ3) is 6.30. The van der Waals surface area contributed by atoms with Gasteiger partial charge in [-0.05, 0) is 30.0 Å². The van der Waals surface area contributed by atoms with Gasteiger partial charge < -0.3 is 10.2 Å². The summed E-state index contributed by atoms with van der Waals surface area (Å²) in [6.45, 7) is 3.59. The average molecular weight is 446 g/mol. The van der Waals surface area contributed by atoms with Crippen molar-refractivity contribution in [1.82, 2.24) is 10.2 Å². The van der Waals surface area contributed by atoms with Gasteiger partial charge in [0, 0.05) is 13.6 Å². The normalized spacial score (nSPS) is 12.1. The van der Waals surface area contributed by atoms with Crippen LogP contribution >= 0.6 is 0 Å². The molecule has 0 unspecified atom stereocenters. The van der Waals surface area contributed by atoms with E-state index in [0.29, 0.717) is 18.5 Å². The van der Waals surface area contributed by atoms with Gasteiger partial charge in [0.2, 0.25) is 21.8 Å². The van der Waals surface area contributed by atoms with Crippen molar-refractivity contribution in [2.45, 2.75) is 39.3 Å². The van der Waals surface area contributed by atoms with Crippen LogP contribution in [0, 0.1) is 0 Å². The Labute approximate surface area is 185 Å². The summed E-state index contributed by atoms with van der Waals surface area (Å²) in [7, 11) is -2.20. The maximum absolute atomic E-state index is 13.4. The Balaban J connectivity index is 2.44. The van der Waals surface area contributed by atoms with Crippen molar-refractivity contribution >= 4 is 27.5 Å². The van der Waals surface area contributed by atoms with Gasteiger partial charge in [-0.2, -0.15) is 0 Å². The van der Waals surface area contributed by atoms with E-state index >= 15 is 0 Å². The third-order valence-corrected chi connectivity index (χ3v) is 6.27. The van der Waals surface area contributed by atoms with E-state index in [-0.39, 0.29) is 19.0 Å². The lowest BCUT2D eigenvalue weighted by Gasteiger charge is -2.33. The van der Waals surface area contributed by atoms with Gasteiger partial charge in [-0.3, -0.25) is 13.9 Å². The van der Waals surface area contributed by atoms with E-state index in [1.165, 1.54) is 11.9 Å². The number of rotatable bonds is 10. The van der Waals surface area contributed by atoms with E-state index in [4.69, 9.17) is 0 Å². The number of benzene rings is 2. The van der Waals surface area contributed by atoms with Crippen molar-refractivity contribution in [1.29, 1.82) is 0 Å². The summed E-state index contributed by atoms with van der Waals surface area (Å²) < 4.78 is 26.4. The Hall–Kier alpha value is -2.87. The summed E-state index contributed by atoms with van der Waals surface area (Å²) >= 11 is 0. The smallest absolute Gasteiger partial charge is 0.244 e. The highest BCUT2D eigenvalue weighted by molar-refractivity contribution is 7.92. The van der Waals surface area contributed by atoms with Crippen molar-refractivity contribution in [2.24, 2.45) is 0 Å². The van der Waals surface area contributed by atoms with Crippen molar-refractivity contribution in [3.05, 3.63) is 65.7 Å². The number of aryl methyl sites for hydroxylation is 1. The molecule has 168 valence electrons. The second-order valence-corrected chi connectivity index (χ2v) is 9.20. The van der Waals surface area contributed by atoms with E-state index in [2.05, 4.69) is 5.32 Å². The zero-order chi connectivity index (χ0) is 23.0. The van der Waals surface area contributed by atoms with Crippen LogP contribution in [0.4, 0.5) is 5.69 Å². The molecule has 8 heteroatoms. The van der Waals surface area contributed by atoms with Crippen molar-refractivity contribution in [3.8, 4) is 0 Å². The highest BCUT2D eigenvalue weighted by Crippen LogP contribution is 2.24. The lowest BCUT2D eigenvalue weighted by Crippen LogP contribution is -2.51. The summed E-state index contributed by atoms with van der Waals surface area (Å²) in [5, 5.41) is 2.61. The zero-order valence-electron chi connectivity index (χ0n) is 18.5. The number of hydrogen-bond donors (Lipinski definition) is 1. The van der Waals surface area contributed by atoms with Gasteiger partial charge >= 0.3 is 0 Å². The van der Waals surface area contributed by atoms with Gasteiger partial charge in [-0.15, -0.1) is 0 Å². The molecule has 7 nitrogen and oxygen atoms in total. The first kappa shape index (κ1) is 24.4. The fourth-order valence-corrected chi connectivity index (χ4v) is 4.39. The van der Waals surface area contributed by atoms with Crippen LogP contribution < -0.4 is 9.62 Å².